The first-order valence-corrected chi connectivity index (χ1v) is 4.47. The van der Waals surface area contributed by atoms with Crippen molar-refractivity contribution in [1.29, 1.82) is 0 Å². The summed E-state index contributed by atoms with van der Waals surface area (Å²) in [6.45, 7) is 2.13. The number of fused-ring (bicyclic) bond motifs is 1. The molecule has 0 aromatic carbocycles. The number of hydrogen-bond acceptors (Lipinski definition) is 2. The van der Waals surface area contributed by atoms with Crippen molar-refractivity contribution < 1.29 is 4.98 Å². The van der Waals surface area contributed by atoms with Crippen molar-refractivity contribution in [2.75, 3.05) is 0 Å². The molecule has 0 amide bonds. The number of hydrogen-bond donors (Lipinski definition) is 0. The lowest BCUT2D eigenvalue weighted by Gasteiger charge is -1.77. The summed E-state index contributed by atoms with van der Waals surface area (Å²) in [6.07, 6.45) is 4.89. The van der Waals surface area contributed by atoms with Crippen LogP contribution in [0.1, 0.15) is 11.9 Å². The van der Waals surface area contributed by atoms with Gasteiger partial charge in [0.15, 0.2) is 12.4 Å². The molecular formula is C8H9N2S+. The van der Waals surface area contributed by atoms with E-state index in [-0.39, 0.29) is 0 Å². The number of nitrogens with one attached hydrogen (secondary N) is 1. The summed E-state index contributed by atoms with van der Waals surface area (Å²) >= 11 is 1.77. The third-order valence-corrected chi connectivity index (χ3v) is 2.76. The maximum Gasteiger partial charge on any atom is 0.194 e. The predicted molar refractivity (Wildman–Crippen MR) is 45.6 cm³/mol. The van der Waals surface area contributed by atoms with E-state index in [0.29, 0.717) is 0 Å². The van der Waals surface area contributed by atoms with E-state index in [4.69, 9.17) is 0 Å². The van der Waals surface area contributed by atoms with E-state index in [1.807, 2.05) is 12.4 Å². The lowest BCUT2D eigenvalue weighted by atomic mass is 10.4. The highest BCUT2D eigenvalue weighted by atomic mass is 32.1. The van der Waals surface area contributed by atoms with E-state index in [1.54, 1.807) is 11.3 Å². The van der Waals surface area contributed by atoms with Gasteiger partial charge in [0, 0.05) is 6.07 Å². The topological polar surface area (TPSA) is 27.0 Å². The van der Waals surface area contributed by atoms with Gasteiger partial charge in [-0.2, -0.15) is 0 Å². The molecule has 1 N–H and O–H groups in total. The average Bonchev–Trinajstić information content (AvgIpc) is 2.46. The molecule has 0 radical (unpaired) electrons. The highest BCUT2D eigenvalue weighted by Crippen LogP contribution is 2.19. The Labute approximate surface area is 68.9 Å². The molecule has 3 heteroatoms. The number of nitrogens with zero attached hydrogens (tertiary/aromatic N) is 1. The second-order valence-corrected chi connectivity index (χ2v) is 3.47. The standard InChI is InChI=1S/C8H8N2S/c1-2-8-10-6-5-9-4-3-7(6)11-8/h3-5H,2H2,1H3/p+1. The van der Waals surface area contributed by atoms with Crippen LogP contribution in [0.2, 0.25) is 0 Å². The van der Waals surface area contributed by atoms with Crippen molar-refractivity contribution in [3.05, 3.63) is 23.5 Å². The van der Waals surface area contributed by atoms with Gasteiger partial charge in [0.1, 0.15) is 5.52 Å². The Bertz CT molecular complexity index is 334. The minimum absolute atomic E-state index is 1.03. The van der Waals surface area contributed by atoms with E-state index in [1.165, 1.54) is 9.71 Å². The zero-order chi connectivity index (χ0) is 7.68. The van der Waals surface area contributed by atoms with E-state index < -0.39 is 0 Å². The monoisotopic (exact) mass is 165 g/mol. The summed E-state index contributed by atoms with van der Waals surface area (Å²) in [6, 6.07) is 2.06. The summed E-state index contributed by atoms with van der Waals surface area (Å²) in [5.74, 6) is 0. The van der Waals surface area contributed by atoms with Crippen molar-refractivity contribution in [3.63, 3.8) is 0 Å². The zero-order valence-corrected chi connectivity index (χ0v) is 7.11. The van der Waals surface area contributed by atoms with Gasteiger partial charge in [0.25, 0.3) is 0 Å². The zero-order valence-electron chi connectivity index (χ0n) is 6.29. The van der Waals surface area contributed by atoms with Gasteiger partial charge in [-0.1, -0.05) is 6.92 Å². The Kier molecular flexibility index (Phi) is 1.58. The van der Waals surface area contributed by atoms with Crippen LogP contribution in [0, 0.1) is 0 Å². The molecular weight excluding hydrogens is 156 g/mol. The lowest BCUT2D eigenvalue weighted by Crippen LogP contribution is -1.96. The first-order valence-electron chi connectivity index (χ1n) is 3.65. The highest BCUT2D eigenvalue weighted by Gasteiger charge is 2.02. The Balaban J connectivity index is 2.69. The van der Waals surface area contributed by atoms with Gasteiger partial charge in [-0.05, 0) is 6.42 Å². The molecule has 0 aliphatic heterocycles. The Morgan fingerprint density at radius 2 is 2.55 bits per heavy atom. The number of pyridine rings is 1. The second kappa shape index (κ2) is 2.58. The van der Waals surface area contributed by atoms with Crippen LogP contribution in [0.4, 0.5) is 0 Å². The number of H-pyrrole nitrogens is 1. The van der Waals surface area contributed by atoms with E-state index >= 15 is 0 Å². The van der Waals surface area contributed by atoms with Gasteiger partial charge in [-0.3, -0.25) is 0 Å². The van der Waals surface area contributed by atoms with E-state index in [2.05, 4.69) is 23.0 Å². The smallest absolute Gasteiger partial charge is 0.194 e. The van der Waals surface area contributed by atoms with Crippen molar-refractivity contribution in [2.24, 2.45) is 0 Å². The van der Waals surface area contributed by atoms with Crippen LogP contribution in [-0.2, 0) is 6.42 Å². The van der Waals surface area contributed by atoms with Crippen molar-refractivity contribution >= 4 is 21.6 Å². The second-order valence-electron chi connectivity index (χ2n) is 2.35. The molecule has 0 fully saturated rings. The van der Waals surface area contributed by atoms with Crippen molar-refractivity contribution in [2.45, 2.75) is 13.3 Å². The van der Waals surface area contributed by atoms with Crippen molar-refractivity contribution in [3.8, 4) is 0 Å². The van der Waals surface area contributed by atoms with Gasteiger partial charge in [-0.25, -0.2) is 9.97 Å². The molecule has 2 heterocycles. The fraction of sp³-hybridized carbons (Fsp3) is 0.250. The first-order chi connectivity index (χ1) is 5.40. The molecule has 0 spiro atoms. The lowest BCUT2D eigenvalue weighted by molar-refractivity contribution is -0.376. The van der Waals surface area contributed by atoms with Gasteiger partial charge in [0.05, 0.1) is 9.71 Å². The number of thiazole rings is 1. The summed E-state index contributed by atoms with van der Waals surface area (Å²) in [4.78, 5) is 7.44. The van der Waals surface area contributed by atoms with Crippen molar-refractivity contribution in [1.82, 2.24) is 4.98 Å². The third kappa shape index (κ3) is 1.12. The largest absolute Gasteiger partial charge is 0.235 e. The van der Waals surface area contributed by atoms with Crippen LogP contribution < -0.4 is 4.98 Å². The predicted octanol–water partition coefficient (Wildman–Crippen LogP) is 1.67. The third-order valence-electron chi connectivity index (χ3n) is 1.58. The number of aryl methyl sites for hydroxylation is 1. The van der Waals surface area contributed by atoms with Gasteiger partial charge < -0.3 is 0 Å². The first kappa shape index (κ1) is 6.73. The molecule has 2 rings (SSSR count). The summed E-state index contributed by atoms with van der Waals surface area (Å²) < 4.78 is 1.26. The molecule has 0 aliphatic carbocycles. The van der Waals surface area contributed by atoms with Crippen LogP contribution >= 0.6 is 11.3 Å². The minimum atomic E-state index is 1.03. The van der Waals surface area contributed by atoms with Crippen LogP contribution in [0.15, 0.2) is 18.5 Å². The van der Waals surface area contributed by atoms with Crippen LogP contribution in [0.5, 0.6) is 0 Å². The molecule has 0 atom stereocenters. The molecule has 0 aliphatic rings. The molecule has 56 valence electrons. The highest BCUT2D eigenvalue weighted by molar-refractivity contribution is 7.18. The Hall–Kier alpha value is -0.960. The quantitative estimate of drug-likeness (QED) is 0.631. The fourth-order valence-electron chi connectivity index (χ4n) is 1.02. The SMILES string of the molecule is CCc1nc2c[nH+]ccc2s1. The molecule has 0 saturated heterocycles. The summed E-state index contributed by atoms with van der Waals surface area (Å²) in [7, 11) is 0. The maximum absolute atomic E-state index is 4.42. The normalized spacial score (nSPS) is 10.6. The Morgan fingerprint density at radius 1 is 1.64 bits per heavy atom. The van der Waals surface area contributed by atoms with Gasteiger partial charge >= 0.3 is 0 Å². The van der Waals surface area contributed by atoms with Gasteiger partial charge in [0.2, 0.25) is 0 Å². The van der Waals surface area contributed by atoms with Crippen LogP contribution in [-0.4, -0.2) is 4.98 Å². The number of rotatable bonds is 1. The molecule has 2 nitrogen and oxygen atoms in total. The molecule has 2 aromatic heterocycles. The van der Waals surface area contributed by atoms with Gasteiger partial charge in [-0.15, -0.1) is 11.3 Å². The number of aromatic nitrogens is 2. The minimum Gasteiger partial charge on any atom is -0.235 e. The average molecular weight is 165 g/mol. The molecule has 0 saturated carbocycles. The van der Waals surface area contributed by atoms with E-state index in [0.717, 1.165) is 11.9 Å². The van der Waals surface area contributed by atoms with E-state index in [9.17, 15) is 0 Å². The molecule has 0 bridgehead atoms. The fourth-order valence-corrected chi connectivity index (χ4v) is 1.90. The summed E-state index contributed by atoms with van der Waals surface area (Å²) in [5, 5.41) is 1.21. The molecule has 2 aromatic rings. The maximum atomic E-state index is 4.42. The summed E-state index contributed by atoms with van der Waals surface area (Å²) in [5.41, 5.74) is 1.08. The Morgan fingerprint density at radius 3 is 3.27 bits per heavy atom. The molecule has 11 heavy (non-hydrogen) atoms. The molecule has 0 unspecified atom stereocenters. The number of aromatic amines is 1. The van der Waals surface area contributed by atoms with Crippen LogP contribution in [0.25, 0.3) is 10.2 Å². The van der Waals surface area contributed by atoms with Crippen LogP contribution in [0.3, 0.4) is 0 Å².